The predicted molar refractivity (Wildman–Crippen MR) is 136 cm³/mol. The number of ether oxygens (including phenoxy) is 1. The molecule has 1 saturated heterocycles. The van der Waals surface area contributed by atoms with Gasteiger partial charge in [-0.25, -0.2) is 15.0 Å². The second-order valence-corrected chi connectivity index (χ2v) is 8.69. The molecule has 0 bridgehead atoms. The first-order chi connectivity index (χ1) is 17.0. The zero-order valence-electron chi connectivity index (χ0n) is 19.7. The van der Waals surface area contributed by atoms with Gasteiger partial charge in [0.05, 0.1) is 24.2 Å². The van der Waals surface area contributed by atoms with Crippen LogP contribution in [0.25, 0.3) is 22.0 Å². The van der Waals surface area contributed by atoms with Crippen molar-refractivity contribution in [1.82, 2.24) is 24.8 Å². The maximum absolute atomic E-state index is 10.6. The van der Waals surface area contributed by atoms with Gasteiger partial charge in [0.25, 0.3) is 5.91 Å². The maximum Gasteiger partial charge on any atom is 0.251 e. The van der Waals surface area contributed by atoms with Crippen molar-refractivity contribution in [3.63, 3.8) is 0 Å². The largest absolute Gasteiger partial charge is 0.493 e. The quantitative estimate of drug-likeness (QED) is 0.433. The monoisotopic (exact) mass is 490 g/mol. The highest BCUT2D eigenvalue weighted by molar-refractivity contribution is 7.13. The molecule has 4 heterocycles. The van der Waals surface area contributed by atoms with E-state index < -0.39 is 6.10 Å². The number of amides is 1. The number of hydrogen-bond donors (Lipinski definition) is 2. The van der Waals surface area contributed by atoms with Gasteiger partial charge in [0.2, 0.25) is 5.95 Å². The third-order valence-corrected chi connectivity index (χ3v) is 6.27. The summed E-state index contributed by atoms with van der Waals surface area (Å²) in [7, 11) is 3.31. The summed E-state index contributed by atoms with van der Waals surface area (Å²) in [4.78, 5) is 30.0. The van der Waals surface area contributed by atoms with E-state index in [0.717, 1.165) is 33.3 Å². The van der Waals surface area contributed by atoms with E-state index in [4.69, 9.17) is 14.8 Å². The zero-order valence-corrected chi connectivity index (χ0v) is 20.5. The van der Waals surface area contributed by atoms with Gasteiger partial charge in [-0.3, -0.25) is 9.78 Å². The summed E-state index contributed by atoms with van der Waals surface area (Å²) in [6.07, 6.45) is 3.30. The molecule has 1 fully saturated rings. The number of aryl methyl sites for hydroxylation is 1. The molecule has 0 saturated carbocycles. The summed E-state index contributed by atoms with van der Waals surface area (Å²) >= 11 is 1.60. The molecule has 0 aliphatic carbocycles. The van der Waals surface area contributed by atoms with Gasteiger partial charge >= 0.3 is 0 Å². The number of nitrogens with one attached hydrogen (secondary N) is 1. The summed E-state index contributed by atoms with van der Waals surface area (Å²) in [5.41, 5.74) is 4.24. The van der Waals surface area contributed by atoms with E-state index in [9.17, 15) is 4.79 Å². The van der Waals surface area contributed by atoms with Crippen LogP contribution in [0.5, 0.6) is 5.75 Å². The Bertz CT molecular complexity index is 1290. The van der Waals surface area contributed by atoms with E-state index in [2.05, 4.69) is 20.3 Å². The molecular formula is C25H26N6O3S. The molecule has 0 radical (unpaired) electrons. The molecule has 1 amide bonds. The average molecular weight is 491 g/mol. The SMILES string of the molecule is CN1CCC(O)C1=O.COc1c(Nc2nccc(-c3csc(-c4ccccc4)n3)n2)ccnc1C. The first-order valence-corrected chi connectivity index (χ1v) is 11.9. The van der Waals surface area contributed by atoms with Gasteiger partial charge in [-0.1, -0.05) is 30.3 Å². The topological polar surface area (TPSA) is 113 Å². The summed E-state index contributed by atoms with van der Waals surface area (Å²) in [5, 5.41) is 14.9. The third kappa shape index (κ3) is 5.79. The Morgan fingerprint density at radius 2 is 1.86 bits per heavy atom. The molecule has 1 atom stereocenters. The summed E-state index contributed by atoms with van der Waals surface area (Å²) in [5.74, 6) is 1.00. The van der Waals surface area contributed by atoms with Gasteiger partial charge in [-0.05, 0) is 25.5 Å². The van der Waals surface area contributed by atoms with Crippen molar-refractivity contribution in [2.45, 2.75) is 19.4 Å². The predicted octanol–water partition coefficient (Wildman–Crippen LogP) is 3.93. The van der Waals surface area contributed by atoms with E-state index in [0.29, 0.717) is 24.7 Å². The highest BCUT2D eigenvalue weighted by Crippen LogP contribution is 2.30. The number of anilines is 2. The average Bonchev–Trinajstić information content (AvgIpc) is 3.49. The van der Waals surface area contributed by atoms with Crippen LogP contribution in [0.2, 0.25) is 0 Å². The number of thiazole rings is 1. The minimum absolute atomic E-state index is 0.148. The second kappa shape index (κ2) is 11.0. The molecule has 10 heteroatoms. The molecule has 4 aromatic rings. The Labute approximate surface area is 207 Å². The Morgan fingerprint density at radius 1 is 1.09 bits per heavy atom. The number of benzene rings is 1. The van der Waals surface area contributed by atoms with E-state index in [1.165, 1.54) is 4.90 Å². The minimum Gasteiger partial charge on any atom is -0.493 e. The highest BCUT2D eigenvalue weighted by atomic mass is 32.1. The smallest absolute Gasteiger partial charge is 0.251 e. The van der Waals surface area contributed by atoms with Gasteiger partial charge in [0, 0.05) is 36.9 Å². The number of likely N-dealkylation sites (N-methyl/N-ethyl adjacent to an activating group) is 1. The molecule has 1 aliphatic heterocycles. The molecule has 0 spiro atoms. The lowest BCUT2D eigenvalue weighted by molar-refractivity contribution is -0.133. The fourth-order valence-corrected chi connectivity index (χ4v) is 4.32. The number of methoxy groups -OCH3 is 1. The Hall–Kier alpha value is -3.89. The lowest BCUT2D eigenvalue weighted by Gasteiger charge is -2.11. The standard InChI is InChI=1S/C20H17N5OS.C5H9NO2/c1-13-18(26-2)16(9-10-21-13)25-20-22-11-8-15(24-20)17-12-27-19(23-17)14-6-4-3-5-7-14;1-6-3-2-4(7)5(6)8/h3-12H,1-2H3,(H,21,22,24,25);4,7H,2-3H2,1H3. The van der Waals surface area contributed by atoms with Crippen molar-refractivity contribution >= 4 is 28.9 Å². The first-order valence-electron chi connectivity index (χ1n) is 11.0. The van der Waals surface area contributed by atoms with Crippen LogP contribution in [0.15, 0.2) is 60.2 Å². The van der Waals surface area contributed by atoms with Crippen LogP contribution in [0.3, 0.4) is 0 Å². The molecule has 1 unspecified atom stereocenters. The second-order valence-electron chi connectivity index (χ2n) is 7.84. The first kappa shape index (κ1) is 24.2. The number of nitrogens with zero attached hydrogens (tertiary/aromatic N) is 5. The molecule has 1 aromatic carbocycles. The van der Waals surface area contributed by atoms with Crippen molar-refractivity contribution < 1.29 is 14.6 Å². The van der Waals surface area contributed by atoms with Crippen molar-refractivity contribution in [2.24, 2.45) is 0 Å². The number of likely N-dealkylation sites (tertiary alicyclic amines) is 1. The number of hydrogen-bond acceptors (Lipinski definition) is 9. The van der Waals surface area contributed by atoms with Gasteiger partial charge < -0.3 is 20.1 Å². The number of carbonyl (C=O) groups is 1. The normalized spacial score (nSPS) is 14.9. The summed E-state index contributed by atoms with van der Waals surface area (Å²) < 4.78 is 5.42. The van der Waals surface area contributed by atoms with Gasteiger partial charge in [0.1, 0.15) is 16.8 Å². The fraction of sp³-hybridized carbons (Fsp3) is 0.240. The van der Waals surface area contributed by atoms with E-state index in [1.54, 1.807) is 37.9 Å². The molecule has 2 N–H and O–H groups in total. The lowest BCUT2D eigenvalue weighted by atomic mass is 10.2. The molecule has 180 valence electrons. The number of carbonyl (C=O) groups excluding carboxylic acids is 1. The molecule has 9 nitrogen and oxygen atoms in total. The summed E-state index contributed by atoms with van der Waals surface area (Å²) in [6, 6.07) is 13.8. The van der Waals surface area contributed by atoms with Crippen LogP contribution in [-0.2, 0) is 4.79 Å². The number of aliphatic hydroxyl groups is 1. The number of aromatic nitrogens is 4. The van der Waals surface area contributed by atoms with Crippen molar-refractivity contribution in [2.75, 3.05) is 26.0 Å². The van der Waals surface area contributed by atoms with E-state index in [-0.39, 0.29) is 5.91 Å². The number of rotatable bonds is 5. The Balaban J connectivity index is 0.000000308. The number of aliphatic hydroxyl groups excluding tert-OH is 1. The van der Waals surface area contributed by atoms with E-state index in [1.807, 2.05) is 54.8 Å². The lowest BCUT2D eigenvalue weighted by Crippen LogP contribution is -2.24. The van der Waals surface area contributed by atoms with Crippen molar-refractivity contribution in [1.29, 1.82) is 0 Å². The van der Waals surface area contributed by atoms with Crippen LogP contribution in [0.1, 0.15) is 12.1 Å². The third-order valence-electron chi connectivity index (χ3n) is 5.38. The van der Waals surface area contributed by atoms with Gasteiger partial charge in [0.15, 0.2) is 5.75 Å². The maximum atomic E-state index is 10.6. The zero-order chi connectivity index (χ0) is 24.8. The van der Waals surface area contributed by atoms with Crippen molar-refractivity contribution in [3.8, 4) is 27.7 Å². The Kier molecular flexibility index (Phi) is 7.64. The van der Waals surface area contributed by atoms with Crippen LogP contribution < -0.4 is 10.1 Å². The van der Waals surface area contributed by atoms with Crippen molar-refractivity contribution in [3.05, 3.63) is 65.9 Å². The van der Waals surface area contributed by atoms with Gasteiger partial charge in [-0.2, -0.15) is 0 Å². The van der Waals surface area contributed by atoms with Crippen LogP contribution in [0, 0.1) is 6.92 Å². The summed E-state index contributed by atoms with van der Waals surface area (Å²) in [6.45, 7) is 2.59. The molecular weight excluding hydrogens is 464 g/mol. The fourth-order valence-electron chi connectivity index (χ4n) is 3.50. The number of pyridine rings is 1. The molecule has 3 aromatic heterocycles. The van der Waals surface area contributed by atoms with E-state index >= 15 is 0 Å². The molecule has 5 rings (SSSR count). The van der Waals surface area contributed by atoms with Crippen LogP contribution in [-0.4, -0.2) is 62.7 Å². The highest BCUT2D eigenvalue weighted by Gasteiger charge is 2.26. The van der Waals surface area contributed by atoms with Crippen LogP contribution >= 0.6 is 11.3 Å². The van der Waals surface area contributed by atoms with Gasteiger partial charge in [-0.15, -0.1) is 11.3 Å². The minimum atomic E-state index is -0.722. The molecule has 1 aliphatic rings. The van der Waals surface area contributed by atoms with Crippen LogP contribution in [0.4, 0.5) is 11.6 Å². The molecule has 35 heavy (non-hydrogen) atoms. The Morgan fingerprint density at radius 3 is 2.51 bits per heavy atom.